The molecule has 1 saturated heterocycles. The minimum Gasteiger partial charge on any atom is -0.365 e. The lowest BCUT2D eigenvalue weighted by atomic mass is 10.1. The Balaban J connectivity index is 1.48. The molecule has 4 rings (SSSR count). The number of para-hydroxylation sites is 1. The van der Waals surface area contributed by atoms with Crippen LogP contribution in [-0.4, -0.2) is 46.8 Å². The van der Waals surface area contributed by atoms with Crippen LogP contribution in [0.3, 0.4) is 0 Å². The van der Waals surface area contributed by atoms with Gasteiger partial charge in [0.05, 0.1) is 22.8 Å². The number of piperazine rings is 1. The molecule has 138 valence electrons. The summed E-state index contributed by atoms with van der Waals surface area (Å²) in [4.78, 5) is 17.1. The number of benzene rings is 1. The molecular formula is C21H28N4O. The first-order valence-electron chi connectivity index (χ1n) is 9.80. The van der Waals surface area contributed by atoms with Crippen LogP contribution in [0.15, 0.2) is 30.3 Å². The quantitative estimate of drug-likeness (QED) is 0.851. The smallest absolute Gasteiger partial charge is 0.225 e. The van der Waals surface area contributed by atoms with E-state index in [2.05, 4.69) is 35.8 Å². The molecule has 1 aromatic heterocycles. The van der Waals surface area contributed by atoms with Gasteiger partial charge in [0.25, 0.3) is 0 Å². The standard InChI is InChI=1S/C21H28N4O/c1-16-20(17(2)25(22-16)19-10-4-3-5-11-19)23-12-14-24(15-13-23)21(26)18-8-6-7-9-18/h3-5,10-11,18H,6-9,12-15H2,1-2H3. The van der Waals surface area contributed by atoms with Gasteiger partial charge in [-0.3, -0.25) is 4.79 Å². The van der Waals surface area contributed by atoms with Gasteiger partial charge in [-0.1, -0.05) is 31.0 Å². The predicted molar refractivity (Wildman–Crippen MR) is 104 cm³/mol. The van der Waals surface area contributed by atoms with E-state index in [9.17, 15) is 4.79 Å². The fourth-order valence-electron chi connectivity index (χ4n) is 4.49. The van der Waals surface area contributed by atoms with Crippen LogP contribution in [-0.2, 0) is 4.79 Å². The van der Waals surface area contributed by atoms with Crippen molar-refractivity contribution >= 4 is 11.6 Å². The number of hydrogen-bond acceptors (Lipinski definition) is 3. The highest BCUT2D eigenvalue weighted by Gasteiger charge is 2.30. The Morgan fingerprint density at radius 2 is 1.65 bits per heavy atom. The molecule has 1 aromatic carbocycles. The van der Waals surface area contributed by atoms with Gasteiger partial charge in [0.1, 0.15) is 0 Å². The van der Waals surface area contributed by atoms with Gasteiger partial charge in [-0.25, -0.2) is 4.68 Å². The third kappa shape index (κ3) is 3.11. The number of carbonyl (C=O) groups excluding carboxylic acids is 1. The van der Waals surface area contributed by atoms with Gasteiger partial charge in [0.15, 0.2) is 0 Å². The second-order valence-corrected chi connectivity index (χ2v) is 7.56. The normalized spacial score (nSPS) is 18.5. The van der Waals surface area contributed by atoms with E-state index in [1.807, 2.05) is 22.9 Å². The van der Waals surface area contributed by atoms with Crippen LogP contribution in [0.1, 0.15) is 37.1 Å². The van der Waals surface area contributed by atoms with Crippen LogP contribution in [0.5, 0.6) is 0 Å². The molecule has 2 fully saturated rings. The van der Waals surface area contributed by atoms with Gasteiger partial charge in [-0.2, -0.15) is 5.10 Å². The number of aromatic nitrogens is 2. The molecule has 5 heteroatoms. The Morgan fingerprint density at radius 3 is 2.31 bits per heavy atom. The van der Waals surface area contributed by atoms with Crippen molar-refractivity contribution in [1.29, 1.82) is 0 Å². The SMILES string of the molecule is Cc1nn(-c2ccccc2)c(C)c1N1CCN(C(=O)C2CCCC2)CC1. The van der Waals surface area contributed by atoms with E-state index in [1.54, 1.807) is 0 Å². The van der Waals surface area contributed by atoms with Crippen LogP contribution in [0.2, 0.25) is 0 Å². The minimum atomic E-state index is 0.283. The van der Waals surface area contributed by atoms with E-state index in [1.165, 1.54) is 24.2 Å². The highest BCUT2D eigenvalue weighted by atomic mass is 16.2. The molecule has 2 aliphatic rings. The molecule has 0 N–H and O–H groups in total. The number of nitrogens with zero attached hydrogens (tertiary/aromatic N) is 4. The third-order valence-corrected chi connectivity index (χ3v) is 5.87. The molecule has 2 aromatic rings. The fourth-order valence-corrected chi connectivity index (χ4v) is 4.49. The van der Waals surface area contributed by atoms with E-state index in [0.717, 1.165) is 50.4 Å². The summed E-state index contributed by atoms with van der Waals surface area (Å²) in [7, 11) is 0. The van der Waals surface area contributed by atoms with Gasteiger partial charge in [0.2, 0.25) is 5.91 Å². The highest BCUT2D eigenvalue weighted by molar-refractivity contribution is 5.79. The van der Waals surface area contributed by atoms with Gasteiger partial charge >= 0.3 is 0 Å². The van der Waals surface area contributed by atoms with Crippen LogP contribution in [0.25, 0.3) is 5.69 Å². The maximum Gasteiger partial charge on any atom is 0.225 e. The summed E-state index contributed by atoms with van der Waals surface area (Å²) in [6.45, 7) is 7.65. The topological polar surface area (TPSA) is 41.4 Å². The fraction of sp³-hybridized carbons (Fsp3) is 0.524. The van der Waals surface area contributed by atoms with E-state index in [0.29, 0.717) is 5.91 Å². The lowest BCUT2D eigenvalue weighted by molar-refractivity contribution is -0.135. The number of amides is 1. The summed E-state index contributed by atoms with van der Waals surface area (Å²) in [6.07, 6.45) is 4.60. The number of rotatable bonds is 3. The summed E-state index contributed by atoms with van der Waals surface area (Å²) in [5.74, 6) is 0.668. The second kappa shape index (κ2) is 7.14. The summed E-state index contributed by atoms with van der Waals surface area (Å²) in [5.41, 5.74) is 4.54. The minimum absolute atomic E-state index is 0.283. The Labute approximate surface area is 155 Å². The molecule has 1 aliphatic heterocycles. The average Bonchev–Trinajstić information content (AvgIpc) is 3.30. The molecule has 0 bridgehead atoms. The van der Waals surface area contributed by atoms with Crippen molar-refractivity contribution in [2.75, 3.05) is 31.1 Å². The second-order valence-electron chi connectivity index (χ2n) is 7.56. The van der Waals surface area contributed by atoms with Crippen molar-refractivity contribution in [3.05, 3.63) is 41.7 Å². The molecule has 0 spiro atoms. The molecule has 1 saturated carbocycles. The van der Waals surface area contributed by atoms with Gasteiger partial charge in [0, 0.05) is 32.1 Å². The van der Waals surface area contributed by atoms with Gasteiger partial charge < -0.3 is 9.80 Å². The number of anilines is 1. The summed E-state index contributed by atoms with van der Waals surface area (Å²) < 4.78 is 2.03. The van der Waals surface area contributed by atoms with Crippen molar-refractivity contribution in [1.82, 2.24) is 14.7 Å². The van der Waals surface area contributed by atoms with Crippen molar-refractivity contribution in [2.24, 2.45) is 5.92 Å². The van der Waals surface area contributed by atoms with Crippen LogP contribution in [0.4, 0.5) is 5.69 Å². The number of hydrogen-bond donors (Lipinski definition) is 0. The number of carbonyl (C=O) groups is 1. The molecule has 0 atom stereocenters. The van der Waals surface area contributed by atoms with Gasteiger partial charge in [-0.15, -0.1) is 0 Å². The first-order valence-corrected chi connectivity index (χ1v) is 9.80. The summed E-state index contributed by atoms with van der Waals surface area (Å²) >= 11 is 0. The van der Waals surface area contributed by atoms with Gasteiger partial charge in [-0.05, 0) is 38.8 Å². The number of aryl methyl sites for hydroxylation is 1. The zero-order valence-corrected chi connectivity index (χ0v) is 15.8. The lowest BCUT2D eigenvalue weighted by Gasteiger charge is -2.37. The van der Waals surface area contributed by atoms with E-state index in [4.69, 9.17) is 5.10 Å². The molecule has 1 amide bonds. The van der Waals surface area contributed by atoms with Crippen molar-refractivity contribution < 1.29 is 4.79 Å². The van der Waals surface area contributed by atoms with E-state index >= 15 is 0 Å². The Kier molecular flexibility index (Phi) is 4.70. The van der Waals surface area contributed by atoms with Crippen molar-refractivity contribution in [3.8, 4) is 5.69 Å². The maximum absolute atomic E-state index is 12.7. The Bertz CT molecular complexity index is 769. The molecular weight excluding hydrogens is 324 g/mol. The monoisotopic (exact) mass is 352 g/mol. The first kappa shape index (κ1) is 17.1. The average molecular weight is 352 g/mol. The molecule has 1 aliphatic carbocycles. The van der Waals surface area contributed by atoms with Crippen molar-refractivity contribution in [2.45, 2.75) is 39.5 Å². The van der Waals surface area contributed by atoms with Crippen LogP contribution >= 0.6 is 0 Å². The lowest BCUT2D eigenvalue weighted by Crippen LogP contribution is -2.50. The van der Waals surface area contributed by atoms with E-state index < -0.39 is 0 Å². The largest absolute Gasteiger partial charge is 0.365 e. The maximum atomic E-state index is 12.7. The molecule has 2 heterocycles. The molecule has 5 nitrogen and oxygen atoms in total. The summed E-state index contributed by atoms with van der Waals surface area (Å²) in [6, 6.07) is 10.3. The first-order chi connectivity index (χ1) is 12.6. The third-order valence-electron chi connectivity index (χ3n) is 5.87. The van der Waals surface area contributed by atoms with Crippen LogP contribution < -0.4 is 4.90 Å². The summed E-state index contributed by atoms with van der Waals surface area (Å²) in [5, 5.41) is 4.77. The predicted octanol–water partition coefficient (Wildman–Crippen LogP) is 3.33. The molecule has 26 heavy (non-hydrogen) atoms. The van der Waals surface area contributed by atoms with Crippen LogP contribution in [0, 0.1) is 19.8 Å². The van der Waals surface area contributed by atoms with Crippen molar-refractivity contribution in [3.63, 3.8) is 0 Å². The Hall–Kier alpha value is -2.30. The molecule has 0 unspecified atom stereocenters. The Morgan fingerprint density at radius 1 is 1.00 bits per heavy atom. The zero-order valence-electron chi connectivity index (χ0n) is 15.8. The zero-order chi connectivity index (χ0) is 18.1. The highest BCUT2D eigenvalue weighted by Crippen LogP contribution is 2.30. The van der Waals surface area contributed by atoms with E-state index in [-0.39, 0.29) is 5.92 Å². The molecule has 0 radical (unpaired) electrons.